The quantitative estimate of drug-likeness (QED) is 0.580. The maximum absolute atomic E-state index is 13.9. The van der Waals surface area contributed by atoms with Crippen molar-refractivity contribution in [3.63, 3.8) is 0 Å². The summed E-state index contributed by atoms with van der Waals surface area (Å²) >= 11 is 0. The highest BCUT2D eigenvalue weighted by Gasteiger charge is 2.37. The van der Waals surface area contributed by atoms with E-state index >= 15 is 0 Å². The minimum atomic E-state index is -1.07. The molecule has 1 aliphatic heterocycles. The molecule has 1 N–H and O–H groups in total. The summed E-state index contributed by atoms with van der Waals surface area (Å²) in [5.74, 6) is -0.139. The van der Waals surface area contributed by atoms with Crippen LogP contribution in [0.25, 0.3) is 11.0 Å². The number of para-hydroxylation sites is 2. The molecule has 1 saturated heterocycles. The van der Waals surface area contributed by atoms with E-state index in [1.54, 1.807) is 12.0 Å². The van der Waals surface area contributed by atoms with Crippen molar-refractivity contribution in [1.29, 1.82) is 5.26 Å². The van der Waals surface area contributed by atoms with Gasteiger partial charge in [-0.1, -0.05) is 26.0 Å². The Kier molecular flexibility index (Phi) is 8.28. The molecule has 0 bridgehead atoms. The number of piperidine rings is 1. The van der Waals surface area contributed by atoms with Crippen molar-refractivity contribution in [2.75, 3.05) is 33.4 Å². The van der Waals surface area contributed by atoms with Gasteiger partial charge in [-0.15, -0.1) is 0 Å². The van der Waals surface area contributed by atoms with Crippen molar-refractivity contribution in [1.82, 2.24) is 19.4 Å². The monoisotopic (exact) mass is 455 g/mol. The number of aromatic nitrogens is 2. The maximum atomic E-state index is 13.9. The lowest BCUT2D eigenvalue weighted by atomic mass is 9.94. The zero-order valence-corrected chi connectivity index (χ0v) is 19.6. The fraction of sp³-hybridized carbons (Fsp3) is 0.583. The first kappa shape index (κ1) is 24.5. The smallest absolute Gasteiger partial charge is 0.407 e. The predicted octanol–water partition coefficient (Wildman–Crippen LogP) is 3.45. The number of benzene rings is 1. The molecule has 33 heavy (non-hydrogen) atoms. The molecule has 178 valence electrons. The van der Waals surface area contributed by atoms with Crippen LogP contribution in [0.1, 0.15) is 43.7 Å². The summed E-state index contributed by atoms with van der Waals surface area (Å²) in [4.78, 5) is 33.2. The first-order valence-corrected chi connectivity index (χ1v) is 11.5. The number of amides is 2. The van der Waals surface area contributed by atoms with Gasteiger partial charge in [0.05, 0.1) is 29.1 Å². The van der Waals surface area contributed by atoms with Crippen LogP contribution in [0.3, 0.4) is 0 Å². The highest BCUT2D eigenvalue weighted by molar-refractivity contribution is 5.95. The Morgan fingerprint density at radius 3 is 2.73 bits per heavy atom. The molecule has 2 heterocycles. The van der Waals surface area contributed by atoms with Gasteiger partial charge in [0.25, 0.3) is 5.91 Å². The summed E-state index contributed by atoms with van der Waals surface area (Å²) in [6.45, 7) is 6.15. The zero-order chi connectivity index (χ0) is 24.0. The van der Waals surface area contributed by atoms with E-state index in [2.05, 4.69) is 11.1 Å². The molecule has 2 aromatic rings. The molecule has 0 unspecified atom stereocenters. The minimum absolute atomic E-state index is 0.171. The van der Waals surface area contributed by atoms with E-state index in [9.17, 15) is 20.0 Å². The Labute approximate surface area is 194 Å². The van der Waals surface area contributed by atoms with E-state index in [0.29, 0.717) is 31.9 Å². The number of fused-ring (bicyclic) bond motifs is 1. The standard InChI is InChI=1S/C24H33N5O4/c1-17(2)14-29(19-12-18(13-25)15-27(16-19)24(31)32)23(30)22-26-20-8-4-5-9-21(20)28(22)10-6-7-11-33-3/h4-5,8-9,17-19H,6-7,10-12,14-16H2,1-3H3,(H,31,32)/t18-,19+/m1/s1. The number of likely N-dealkylation sites (tertiary alicyclic amines) is 1. The molecule has 1 fully saturated rings. The van der Waals surface area contributed by atoms with Crippen LogP contribution in [0.2, 0.25) is 0 Å². The molecular weight excluding hydrogens is 422 g/mol. The summed E-state index contributed by atoms with van der Waals surface area (Å²) in [6.07, 6.45) is 1.09. The summed E-state index contributed by atoms with van der Waals surface area (Å²) in [7, 11) is 1.67. The topological polar surface area (TPSA) is 112 Å². The second-order valence-corrected chi connectivity index (χ2v) is 9.03. The summed E-state index contributed by atoms with van der Waals surface area (Å²) in [5, 5.41) is 19.1. The number of nitrogens with zero attached hydrogens (tertiary/aromatic N) is 5. The largest absolute Gasteiger partial charge is 0.465 e. The van der Waals surface area contributed by atoms with Crippen LogP contribution >= 0.6 is 0 Å². The molecule has 1 aliphatic rings. The van der Waals surface area contributed by atoms with Gasteiger partial charge in [0.15, 0.2) is 5.82 Å². The van der Waals surface area contributed by atoms with E-state index in [4.69, 9.17) is 4.74 Å². The molecule has 0 spiro atoms. The van der Waals surface area contributed by atoms with Crippen molar-refractivity contribution in [3.05, 3.63) is 30.1 Å². The molecule has 0 radical (unpaired) electrons. The molecule has 9 heteroatoms. The Morgan fingerprint density at radius 1 is 1.30 bits per heavy atom. The minimum Gasteiger partial charge on any atom is -0.465 e. The summed E-state index contributed by atoms with van der Waals surface area (Å²) in [6, 6.07) is 9.50. The lowest BCUT2D eigenvalue weighted by Gasteiger charge is -2.40. The summed E-state index contributed by atoms with van der Waals surface area (Å²) in [5.41, 5.74) is 1.65. The normalized spacial score (nSPS) is 18.5. The van der Waals surface area contributed by atoms with Crippen molar-refractivity contribution in [2.45, 2.75) is 45.7 Å². The number of carbonyl (C=O) groups excluding carboxylic acids is 1. The second-order valence-electron chi connectivity index (χ2n) is 9.03. The number of carboxylic acid groups (broad SMARTS) is 1. The van der Waals surface area contributed by atoms with Crippen LogP contribution in [0.5, 0.6) is 0 Å². The maximum Gasteiger partial charge on any atom is 0.407 e. The third-order valence-electron chi connectivity index (χ3n) is 5.97. The fourth-order valence-corrected chi connectivity index (χ4v) is 4.45. The van der Waals surface area contributed by atoms with Gasteiger partial charge < -0.3 is 24.2 Å². The van der Waals surface area contributed by atoms with Gasteiger partial charge in [-0.2, -0.15) is 5.26 Å². The average molecular weight is 456 g/mol. The number of nitriles is 1. The van der Waals surface area contributed by atoms with Crippen molar-refractivity contribution < 1.29 is 19.4 Å². The highest BCUT2D eigenvalue weighted by Crippen LogP contribution is 2.25. The number of hydrogen-bond donors (Lipinski definition) is 1. The molecule has 1 aromatic carbocycles. The van der Waals surface area contributed by atoms with E-state index in [0.717, 1.165) is 23.9 Å². The number of aryl methyl sites for hydroxylation is 1. The van der Waals surface area contributed by atoms with Gasteiger partial charge in [-0.25, -0.2) is 9.78 Å². The third-order valence-corrected chi connectivity index (χ3v) is 5.97. The average Bonchev–Trinajstić information content (AvgIpc) is 3.18. The Balaban J connectivity index is 1.96. The van der Waals surface area contributed by atoms with Gasteiger partial charge in [0, 0.05) is 39.9 Å². The molecule has 2 amide bonds. The summed E-state index contributed by atoms with van der Waals surface area (Å²) < 4.78 is 7.12. The number of imidazole rings is 1. The molecule has 0 saturated carbocycles. The second kappa shape index (κ2) is 11.1. The SMILES string of the molecule is COCCCCn1c(C(=O)N(CC(C)C)[C@H]2C[C@H](C#N)CN(C(=O)O)C2)nc2ccccc21. The van der Waals surface area contributed by atoms with Gasteiger partial charge in [0.1, 0.15) is 0 Å². The zero-order valence-electron chi connectivity index (χ0n) is 19.6. The predicted molar refractivity (Wildman–Crippen MR) is 124 cm³/mol. The molecule has 3 rings (SSSR count). The van der Waals surface area contributed by atoms with E-state index < -0.39 is 12.0 Å². The highest BCUT2D eigenvalue weighted by atomic mass is 16.5. The van der Waals surface area contributed by atoms with Crippen molar-refractivity contribution in [2.24, 2.45) is 11.8 Å². The van der Waals surface area contributed by atoms with Crippen LogP contribution in [-0.4, -0.2) is 75.9 Å². The number of hydrogen-bond acceptors (Lipinski definition) is 5. The Morgan fingerprint density at radius 2 is 2.06 bits per heavy atom. The van der Waals surface area contributed by atoms with Gasteiger partial charge >= 0.3 is 6.09 Å². The number of ether oxygens (including phenoxy) is 1. The lowest BCUT2D eigenvalue weighted by molar-refractivity contribution is 0.0442. The van der Waals surface area contributed by atoms with Gasteiger partial charge in [0.2, 0.25) is 0 Å². The van der Waals surface area contributed by atoms with Crippen LogP contribution < -0.4 is 0 Å². The van der Waals surface area contributed by atoms with Crippen molar-refractivity contribution in [3.8, 4) is 6.07 Å². The Bertz CT molecular complexity index is 1010. The molecule has 1 aromatic heterocycles. The first-order chi connectivity index (χ1) is 15.8. The van der Waals surface area contributed by atoms with Crippen molar-refractivity contribution >= 4 is 23.0 Å². The van der Waals surface area contributed by atoms with Crippen LogP contribution in [0.4, 0.5) is 4.79 Å². The molecule has 2 atom stereocenters. The first-order valence-electron chi connectivity index (χ1n) is 11.5. The molecule has 9 nitrogen and oxygen atoms in total. The molecule has 0 aliphatic carbocycles. The molecular formula is C24H33N5O4. The van der Waals surface area contributed by atoms with E-state index in [1.165, 1.54) is 4.90 Å². The third kappa shape index (κ3) is 5.82. The van der Waals surface area contributed by atoms with E-state index in [1.807, 2.05) is 42.7 Å². The number of carbonyl (C=O) groups is 2. The lowest BCUT2D eigenvalue weighted by Crippen LogP contribution is -2.55. The van der Waals surface area contributed by atoms with Crippen LogP contribution in [-0.2, 0) is 11.3 Å². The van der Waals surface area contributed by atoms with Gasteiger partial charge in [-0.05, 0) is 37.3 Å². The van der Waals surface area contributed by atoms with E-state index in [-0.39, 0.29) is 31.0 Å². The van der Waals surface area contributed by atoms with Crippen LogP contribution in [0, 0.1) is 23.2 Å². The number of rotatable bonds is 9. The fourth-order valence-electron chi connectivity index (χ4n) is 4.45. The Hall–Kier alpha value is -3.12. The number of methoxy groups -OCH3 is 1. The van der Waals surface area contributed by atoms with Gasteiger partial charge in [-0.3, -0.25) is 4.79 Å². The van der Waals surface area contributed by atoms with Crippen LogP contribution in [0.15, 0.2) is 24.3 Å². The number of unbranched alkanes of at least 4 members (excludes halogenated alkanes) is 1.